The van der Waals surface area contributed by atoms with Crippen molar-refractivity contribution in [3.05, 3.63) is 53.8 Å². The number of benzene rings is 2. The van der Waals surface area contributed by atoms with Gasteiger partial charge in [-0.15, -0.1) is 0 Å². The fourth-order valence-corrected chi connectivity index (χ4v) is 1.51. The standard InChI is InChI=1S/C13H11FN2O2/c14-8-4-5-11(12(17)6-8)13(18)16-10-3-1-2-9(15)7-10/h1-7,17H,15H2,(H,16,18). The van der Waals surface area contributed by atoms with Crippen molar-refractivity contribution in [1.29, 1.82) is 0 Å². The van der Waals surface area contributed by atoms with Gasteiger partial charge in [-0.25, -0.2) is 4.39 Å². The Kier molecular flexibility index (Phi) is 3.14. The van der Waals surface area contributed by atoms with Crippen LogP contribution in [0.1, 0.15) is 10.4 Å². The molecule has 18 heavy (non-hydrogen) atoms. The minimum atomic E-state index is -0.604. The van der Waals surface area contributed by atoms with Gasteiger partial charge in [0.1, 0.15) is 11.6 Å². The second-order valence-electron chi connectivity index (χ2n) is 3.74. The van der Waals surface area contributed by atoms with Crippen LogP contribution >= 0.6 is 0 Å². The van der Waals surface area contributed by atoms with E-state index < -0.39 is 17.5 Å². The van der Waals surface area contributed by atoms with Gasteiger partial charge in [-0.2, -0.15) is 0 Å². The number of nitrogens with one attached hydrogen (secondary N) is 1. The normalized spacial score (nSPS) is 10.1. The molecule has 5 heteroatoms. The number of carbonyl (C=O) groups is 1. The lowest BCUT2D eigenvalue weighted by molar-refractivity contribution is 0.102. The summed E-state index contributed by atoms with van der Waals surface area (Å²) in [4.78, 5) is 11.8. The van der Waals surface area contributed by atoms with Crippen molar-refractivity contribution in [2.24, 2.45) is 0 Å². The summed E-state index contributed by atoms with van der Waals surface area (Å²) in [6, 6.07) is 9.82. The molecule has 0 fully saturated rings. The van der Waals surface area contributed by atoms with Gasteiger partial charge in [-0.05, 0) is 30.3 Å². The third-order valence-electron chi connectivity index (χ3n) is 2.35. The number of halogens is 1. The molecule has 0 atom stereocenters. The van der Waals surface area contributed by atoms with Gasteiger partial charge in [0.15, 0.2) is 0 Å². The van der Waals surface area contributed by atoms with E-state index >= 15 is 0 Å². The molecule has 0 unspecified atom stereocenters. The maximum Gasteiger partial charge on any atom is 0.259 e. The van der Waals surface area contributed by atoms with Gasteiger partial charge in [0.25, 0.3) is 5.91 Å². The molecule has 0 radical (unpaired) electrons. The average molecular weight is 246 g/mol. The number of nitrogen functional groups attached to an aromatic ring is 1. The Hall–Kier alpha value is -2.56. The molecule has 2 aromatic carbocycles. The maximum atomic E-state index is 12.8. The van der Waals surface area contributed by atoms with E-state index in [0.29, 0.717) is 11.4 Å². The van der Waals surface area contributed by atoms with E-state index in [9.17, 15) is 14.3 Å². The third kappa shape index (κ3) is 2.57. The van der Waals surface area contributed by atoms with Gasteiger partial charge in [-0.1, -0.05) is 6.07 Å². The molecule has 4 N–H and O–H groups in total. The molecular formula is C13H11FN2O2. The van der Waals surface area contributed by atoms with Crippen LogP contribution in [0.4, 0.5) is 15.8 Å². The highest BCUT2D eigenvalue weighted by molar-refractivity contribution is 6.06. The van der Waals surface area contributed by atoms with Gasteiger partial charge in [0, 0.05) is 17.4 Å². The number of hydrogen-bond acceptors (Lipinski definition) is 3. The predicted octanol–water partition coefficient (Wildman–Crippen LogP) is 2.37. The van der Waals surface area contributed by atoms with E-state index in [4.69, 9.17) is 5.73 Å². The Morgan fingerprint density at radius 1 is 1.22 bits per heavy atom. The Labute approximate surface area is 103 Å². The van der Waals surface area contributed by atoms with Crippen LogP contribution in [0, 0.1) is 5.82 Å². The smallest absolute Gasteiger partial charge is 0.259 e. The third-order valence-corrected chi connectivity index (χ3v) is 2.35. The number of aromatic hydroxyl groups is 1. The van der Waals surface area contributed by atoms with Crippen LogP contribution < -0.4 is 11.1 Å². The van der Waals surface area contributed by atoms with Crippen LogP contribution in [0.15, 0.2) is 42.5 Å². The Morgan fingerprint density at radius 2 is 2.00 bits per heavy atom. The average Bonchev–Trinajstić information content (AvgIpc) is 2.28. The van der Waals surface area contributed by atoms with Crippen molar-refractivity contribution >= 4 is 17.3 Å². The Balaban J connectivity index is 2.22. The minimum Gasteiger partial charge on any atom is -0.507 e. The first-order valence-corrected chi connectivity index (χ1v) is 5.21. The van der Waals surface area contributed by atoms with Crippen LogP contribution in [0.25, 0.3) is 0 Å². The van der Waals surface area contributed by atoms with E-state index in [-0.39, 0.29) is 5.56 Å². The first-order chi connectivity index (χ1) is 8.56. The quantitative estimate of drug-likeness (QED) is 0.712. The van der Waals surface area contributed by atoms with Crippen LogP contribution in [0.2, 0.25) is 0 Å². The van der Waals surface area contributed by atoms with Crippen molar-refractivity contribution in [2.45, 2.75) is 0 Å². The second-order valence-corrected chi connectivity index (χ2v) is 3.74. The molecule has 0 saturated carbocycles. The molecule has 1 amide bonds. The molecule has 92 valence electrons. The van der Waals surface area contributed by atoms with Crippen molar-refractivity contribution in [1.82, 2.24) is 0 Å². The van der Waals surface area contributed by atoms with Gasteiger partial charge in [0.2, 0.25) is 0 Å². The van der Waals surface area contributed by atoms with E-state index in [0.717, 1.165) is 12.1 Å². The van der Waals surface area contributed by atoms with Crippen LogP contribution in [0.3, 0.4) is 0 Å². The number of phenolic OH excluding ortho intramolecular Hbond substituents is 1. The molecule has 0 aliphatic heterocycles. The number of phenols is 1. The molecule has 0 spiro atoms. The summed E-state index contributed by atoms with van der Waals surface area (Å²) in [6.07, 6.45) is 0. The lowest BCUT2D eigenvalue weighted by Gasteiger charge is -2.07. The van der Waals surface area contributed by atoms with Gasteiger partial charge >= 0.3 is 0 Å². The van der Waals surface area contributed by atoms with Crippen molar-refractivity contribution in [3.63, 3.8) is 0 Å². The summed E-state index contributed by atoms with van der Waals surface area (Å²) in [5.41, 5.74) is 6.59. The van der Waals surface area contributed by atoms with Crippen molar-refractivity contribution in [2.75, 3.05) is 11.1 Å². The zero-order valence-electron chi connectivity index (χ0n) is 9.35. The molecule has 0 saturated heterocycles. The van der Waals surface area contributed by atoms with Crippen molar-refractivity contribution in [3.8, 4) is 5.75 Å². The Morgan fingerprint density at radius 3 is 2.67 bits per heavy atom. The van der Waals surface area contributed by atoms with E-state index in [2.05, 4.69) is 5.32 Å². The maximum absolute atomic E-state index is 12.8. The van der Waals surface area contributed by atoms with Crippen LogP contribution in [-0.4, -0.2) is 11.0 Å². The zero-order chi connectivity index (χ0) is 13.1. The lowest BCUT2D eigenvalue weighted by Crippen LogP contribution is -2.12. The van der Waals surface area contributed by atoms with E-state index in [1.807, 2.05) is 0 Å². The largest absolute Gasteiger partial charge is 0.507 e. The minimum absolute atomic E-state index is 0.00109. The van der Waals surface area contributed by atoms with Gasteiger partial charge in [-0.3, -0.25) is 4.79 Å². The summed E-state index contributed by atoms with van der Waals surface area (Å²) >= 11 is 0. The molecule has 0 heterocycles. The highest BCUT2D eigenvalue weighted by Gasteiger charge is 2.11. The van der Waals surface area contributed by atoms with E-state index in [1.165, 1.54) is 6.07 Å². The molecule has 0 aromatic heterocycles. The molecule has 2 rings (SSSR count). The zero-order valence-corrected chi connectivity index (χ0v) is 9.35. The number of hydrogen-bond donors (Lipinski definition) is 3. The highest BCUT2D eigenvalue weighted by atomic mass is 19.1. The first-order valence-electron chi connectivity index (χ1n) is 5.21. The van der Waals surface area contributed by atoms with Gasteiger partial charge < -0.3 is 16.2 Å². The molecule has 0 aliphatic carbocycles. The predicted molar refractivity (Wildman–Crippen MR) is 66.9 cm³/mol. The van der Waals surface area contributed by atoms with Crippen molar-refractivity contribution < 1.29 is 14.3 Å². The topological polar surface area (TPSA) is 75.3 Å². The SMILES string of the molecule is Nc1cccc(NC(=O)c2ccc(F)cc2O)c1. The molecular weight excluding hydrogens is 235 g/mol. The summed E-state index contributed by atoms with van der Waals surface area (Å²) in [6.45, 7) is 0. The fourth-order valence-electron chi connectivity index (χ4n) is 1.51. The lowest BCUT2D eigenvalue weighted by atomic mass is 10.1. The summed E-state index contributed by atoms with van der Waals surface area (Å²) in [7, 11) is 0. The summed E-state index contributed by atoms with van der Waals surface area (Å²) in [5.74, 6) is -1.54. The molecule has 4 nitrogen and oxygen atoms in total. The second kappa shape index (κ2) is 4.75. The highest BCUT2D eigenvalue weighted by Crippen LogP contribution is 2.20. The number of amides is 1. The van der Waals surface area contributed by atoms with Gasteiger partial charge in [0.05, 0.1) is 5.56 Å². The summed E-state index contributed by atoms with van der Waals surface area (Å²) < 4.78 is 12.8. The summed E-state index contributed by atoms with van der Waals surface area (Å²) in [5, 5.41) is 12.0. The monoisotopic (exact) mass is 246 g/mol. The first kappa shape index (κ1) is 11.9. The fraction of sp³-hybridized carbons (Fsp3) is 0. The van der Waals surface area contributed by atoms with Crippen LogP contribution in [-0.2, 0) is 0 Å². The number of nitrogens with two attached hydrogens (primary N) is 1. The number of anilines is 2. The molecule has 2 aromatic rings. The molecule has 0 bridgehead atoms. The van der Waals surface area contributed by atoms with Crippen LogP contribution in [0.5, 0.6) is 5.75 Å². The number of carbonyl (C=O) groups excluding carboxylic acids is 1. The molecule has 0 aliphatic rings. The number of rotatable bonds is 2. The Bertz CT molecular complexity index is 599. The van der Waals surface area contributed by atoms with E-state index in [1.54, 1.807) is 24.3 Å².